The van der Waals surface area contributed by atoms with Crippen molar-refractivity contribution in [1.82, 2.24) is 10.2 Å². The fourth-order valence-electron chi connectivity index (χ4n) is 2.06. The standard InChI is InChI=1S/C12H22N2O4/c1-8(11(16)17)14(2)12(18)13-9-6-4-3-5-7-10(9)15/h8-10,15H,3-7H2,1-2H3,(H,13,18)(H,16,17). The third-order valence-corrected chi connectivity index (χ3v) is 3.55. The van der Waals surface area contributed by atoms with Gasteiger partial charge in [-0.15, -0.1) is 0 Å². The molecule has 1 fully saturated rings. The molecule has 1 aliphatic rings. The van der Waals surface area contributed by atoms with Gasteiger partial charge in [0.25, 0.3) is 0 Å². The molecule has 0 aromatic carbocycles. The number of likely N-dealkylation sites (N-methyl/N-ethyl adjacent to an activating group) is 1. The van der Waals surface area contributed by atoms with Gasteiger partial charge in [0.1, 0.15) is 6.04 Å². The summed E-state index contributed by atoms with van der Waals surface area (Å²) in [4.78, 5) is 23.8. The van der Waals surface area contributed by atoms with E-state index in [-0.39, 0.29) is 6.04 Å². The van der Waals surface area contributed by atoms with Crippen molar-refractivity contribution in [2.75, 3.05) is 7.05 Å². The largest absolute Gasteiger partial charge is 0.480 e. The number of carbonyl (C=O) groups excluding carboxylic acids is 1. The molecule has 0 aromatic heterocycles. The molecule has 104 valence electrons. The van der Waals surface area contributed by atoms with Crippen LogP contribution < -0.4 is 5.32 Å². The highest BCUT2D eigenvalue weighted by atomic mass is 16.4. The number of aliphatic carboxylic acids is 1. The van der Waals surface area contributed by atoms with Crippen LogP contribution in [0, 0.1) is 0 Å². The first-order chi connectivity index (χ1) is 8.43. The van der Waals surface area contributed by atoms with Crippen LogP contribution in [0.25, 0.3) is 0 Å². The molecule has 3 N–H and O–H groups in total. The highest BCUT2D eigenvalue weighted by Gasteiger charge is 2.27. The molecule has 1 saturated carbocycles. The molecule has 0 aromatic rings. The highest BCUT2D eigenvalue weighted by molar-refractivity contribution is 5.82. The normalized spacial score (nSPS) is 25.9. The van der Waals surface area contributed by atoms with E-state index >= 15 is 0 Å². The molecule has 0 aliphatic heterocycles. The van der Waals surface area contributed by atoms with Crippen molar-refractivity contribution in [2.24, 2.45) is 0 Å². The number of carboxylic acids is 1. The number of carbonyl (C=O) groups is 2. The summed E-state index contributed by atoms with van der Waals surface area (Å²) in [5, 5.41) is 21.4. The van der Waals surface area contributed by atoms with Gasteiger partial charge in [-0.1, -0.05) is 19.3 Å². The lowest BCUT2D eigenvalue weighted by Crippen LogP contribution is -2.51. The van der Waals surface area contributed by atoms with Crippen LogP contribution in [0.15, 0.2) is 0 Å². The van der Waals surface area contributed by atoms with Crippen LogP contribution >= 0.6 is 0 Å². The molecule has 6 nitrogen and oxygen atoms in total. The number of hydrogen-bond donors (Lipinski definition) is 3. The second-order valence-corrected chi connectivity index (χ2v) is 4.89. The zero-order valence-electron chi connectivity index (χ0n) is 10.9. The Kier molecular flexibility index (Phi) is 5.40. The van der Waals surface area contributed by atoms with Crippen molar-refractivity contribution in [2.45, 2.75) is 57.2 Å². The first-order valence-electron chi connectivity index (χ1n) is 6.37. The van der Waals surface area contributed by atoms with E-state index in [1.165, 1.54) is 14.0 Å². The number of urea groups is 1. The Balaban J connectivity index is 2.54. The smallest absolute Gasteiger partial charge is 0.326 e. The topological polar surface area (TPSA) is 89.9 Å². The maximum absolute atomic E-state index is 11.9. The van der Waals surface area contributed by atoms with Crippen LogP contribution in [0.1, 0.15) is 39.0 Å². The van der Waals surface area contributed by atoms with E-state index in [1.54, 1.807) is 0 Å². The van der Waals surface area contributed by atoms with Gasteiger partial charge in [-0.25, -0.2) is 9.59 Å². The fourth-order valence-corrected chi connectivity index (χ4v) is 2.06. The maximum atomic E-state index is 11.9. The summed E-state index contributed by atoms with van der Waals surface area (Å²) in [6.07, 6.45) is 3.88. The Morgan fingerprint density at radius 2 is 1.89 bits per heavy atom. The highest BCUT2D eigenvalue weighted by Crippen LogP contribution is 2.18. The van der Waals surface area contributed by atoms with Crippen LogP contribution in [0.3, 0.4) is 0 Å². The number of rotatable bonds is 3. The zero-order chi connectivity index (χ0) is 13.7. The number of nitrogens with one attached hydrogen (secondary N) is 1. The Morgan fingerprint density at radius 1 is 1.28 bits per heavy atom. The number of carboxylic acid groups (broad SMARTS) is 1. The lowest BCUT2D eigenvalue weighted by Gasteiger charge is -2.27. The predicted octanol–water partition coefficient (Wildman–Crippen LogP) is 0.794. The van der Waals surface area contributed by atoms with Crippen molar-refractivity contribution in [3.05, 3.63) is 0 Å². The monoisotopic (exact) mass is 258 g/mol. The van der Waals surface area contributed by atoms with Crippen molar-refractivity contribution >= 4 is 12.0 Å². The Bertz CT molecular complexity index is 308. The van der Waals surface area contributed by atoms with Crippen LogP contribution in [-0.4, -0.2) is 52.3 Å². The molecular formula is C12H22N2O4. The van der Waals surface area contributed by atoms with Crippen molar-refractivity contribution in [3.63, 3.8) is 0 Å². The third-order valence-electron chi connectivity index (χ3n) is 3.55. The molecule has 6 heteroatoms. The summed E-state index contributed by atoms with van der Waals surface area (Å²) in [6.45, 7) is 1.45. The summed E-state index contributed by atoms with van der Waals surface area (Å²) < 4.78 is 0. The van der Waals surface area contributed by atoms with Crippen LogP contribution in [0.5, 0.6) is 0 Å². The molecular weight excluding hydrogens is 236 g/mol. The number of aliphatic hydroxyl groups is 1. The minimum Gasteiger partial charge on any atom is -0.480 e. The molecule has 3 atom stereocenters. The van der Waals surface area contributed by atoms with Gasteiger partial charge in [-0.3, -0.25) is 0 Å². The Morgan fingerprint density at radius 3 is 2.50 bits per heavy atom. The van der Waals surface area contributed by atoms with Gasteiger partial charge in [-0.2, -0.15) is 0 Å². The second-order valence-electron chi connectivity index (χ2n) is 4.89. The number of nitrogens with zero attached hydrogens (tertiary/aromatic N) is 1. The van der Waals surface area contributed by atoms with Crippen molar-refractivity contribution < 1.29 is 19.8 Å². The van der Waals surface area contributed by atoms with Gasteiger partial charge in [0.05, 0.1) is 12.1 Å². The molecule has 1 rings (SSSR count). The van der Waals surface area contributed by atoms with Crippen molar-refractivity contribution in [3.8, 4) is 0 Å². The lowest BCUT2D eigenvalue weighted by atomic mass is 10.1. The van der Waals surface area contributed by atoms with Gasteiger partial charge >= 0.3 is 12.0 Å². The summed E-state index contributed by atoms with van der Waals surface area (Å²) in [6, 6.07) is -1.60. The Labute approximate surface area is 107 Å². The van der Waals surface area contributed by atoms with E-state index in [2.05, 4.69) is 5.32 Å². The van der Waals surface area contributed by atoms with E-state index < -0.39 is 24.1 Å². The van der Waals surface area contributed by atoms with Gasteiger partial charge in [0.2, 0.25) is 0 Å². The van der Waals surface area contributed by atoms with Crippen LogP contribution in [0.2, 0.25) is 0 Å². The van der Waals surface area contributed by atoms with Crippen LogP contribution in [0.4, 0.5) is 4.79 Å². The first kappa shape index (κ1) is 14.8. The van der Waals surface area contributed by atoms with Crippen LogP contribution in [-0.2, 0) is 4.79 Å². The van der Waals surface area contributed by atoms with E-state index in [0.717, 1.165) is 30.6 Å². The lowest BCUT2D eigenvalue weighted by molar-refractivity contribution is -0.141. The van der Waals surface area contributed by atoms with Gasteiger partial charge in [-0.05, 0) is 19.8 Å². The summed E-state index contributed by atoms with van der Waals surface area (Å²) in [7, 11) is 1.44. The van der Waals surface area contributed by atoms with Gasteiger partial charge in [0, 0.05) is 7.05 Å². The Hall–Kier alpha value is -1.30. The molecule has 18 heavy (non-hydrogen) atoms. The van der Waals surface area contributed by atoms with E-state index in [1.807, 2.05) is 0 Å². The maximum Gasteiger partial charge on any atom is 0.326 e. The van der Waals surface area contributed by atoms with E-state index in [9.17, 15) is 14.7 Å². The van der Waals surface area contributed by atoms with Gasteiger partial charge < -0.3 is 20.4 Å². The number of aliphatic hydroxyl groups excluding tert-OH is 1. The molecule has 0 bridgehead atoms. The summed E-state index contributed by atoms with van der Waals surface area (Å²) in [5.41, 5.74) is 0. The average Bonchev–Trinajstić information content (AvgIpc) is 2.53. The van der Waals surface area contributed by atoms with E-state index in [4.69, 9.17) is 5.11 Å². The zero-order valence-corrected chi connectivity index (χ0v) is 10.9. The minimum atomic E-state index is -1.05. The number of amides is 2. The third kappa shape index (κ3) is 3.87. The molecule has 3 unspecified atom stereocenters. The van der Waals surface area contributed by atoms with Gasteiger partial charge in [0.15, 0.2) is 0 Å². The molecule has 1 aliphatic carbocycles. The SMILES string of the molecule is CC(C(=O)O)N(C)C(=O)NC1CCCCCC1O. The van der Waals surface area contributed by atoms with Crippen molar-refractivity contribution in [1.29, 1.82) is 0 Å². The molecule has 0 spiro atoms. The first-order valence-corrected chi connectivity index (χ1v) is 6.37. The predicted molar refractivity (Wildman–Crippen MR) is 66.3 cm³/mol. The molecule has 0 saturated heterocycles. The fraction of sp³-hybridized carbons (Fsp3) is 0.833. The molecule has 0 heterocycles. The minimum absolute atomic E-state index is 0.275. The second kappa shape index (κ2) is 6.58. The quantitative estimate of drug-likeness (QED) is 0.653. The molecule has 2 amide bonds. The summed E-state index contributed by atoms with van der Waals surface area (Å²) in [5.74, 6) is -1.05. The molecule has 0 radical (unpaired) electrons. The average molecular weight is 258 g/mol. The number of hydrogen-bond acceptors (Lipinski definition) is 3. The van der Waals surface area contributed by atoms with E-state index in [0.29, 0.717) is 6.42 Å². The summed E-state index contributed by atoms with van der Waals surface area (Å²) >= 11 is 0.